The van der Waals surface area contributed by atoms with Crippen molar-refractivity contribution < 1.29 is 10.2 Å². The molecule has 0 aromatic heterocycles. The summed E-state index contributed by atoms with van der Waals surface area (Å²) < 4.78 is 0. The van der Waals surface area contributed by atoms with E-state index in [-0.39, 0.29) is 0 Å². The molecule has 0 amide bonds. The van der Waals surface area contributed by atoms with E-state index < -0.39 is 12.2 Å². The van der Waals surface area contributed by atoms with Gasteiger partial charge in [0.2, 0.25) is 0 Å². The van der Waals surface area contributed by atoms with E-state index in [1.165, 1.54) is 0 Å². The monoisotopic (exact) mass is 242 g/mol. The van der Waals surface area contributed by atoms with Crippen molar-refractivity contribution in [2.45, 2.75) is 18.8 Å². The highest BCUT2D eigenvalue weighted by molar-refractivity contribution is 6.30. The highest BCUT2D eigenvalue weighted by Gasteiger charge is 2.30. The van der Waals surface area contributed by atoms with E-state index in [2.05, 4.69) is 0 Å². The molecule has 4 N–H and O–H groups in total. The minimum atomic E-state index is -0.704. The molecule has 2 rings (SSSR count). The average molecular weight is 243 g/mol. The van der Waals surface area contributed by atoms with Gasteiger partial charge in [0.25, 0.3) is 0 Å². The number of nitrogens with zero attached hydrogens (tertiary/aromatic N) is 1. The smallest absolute Gasteiger partial charge is 0.0990 e. The molecular weight excluding hydrogens is 228 g/mol. The number of anilines is 1. The van der Waals surface area contributed by atoms with Crippen LogP contribution in [0.4, 0.5) is 5.69 Å². The first-order valence-corrected chi connectivity index (χ1v) is 5.59. The minimum Gasteiger partial charge on any atom is -0.389 e. The van der Waals surface area contributed by atoms with Gasteiger partial charge in [-0.25, -0.2) is 0 Å². The molecule has 1 aliphatic heterocycles. The summed E-state index contributed by atoms with van der Waals surface area (Å²) in [6.45, 7) is 1.23. The van der Waals surface area contributed by atoms with E-state index in [4.69, 9.17) is 17.3 Å². The van der Waals surface area contributed by atoms with Crippen molar-refractivity contribution in [2.24, 2.45) is 5.73 Å². The van der Waals surface area contributed by atoms with Crippen molar-refractivity contribution in [3.05, 3.63) is 28.8 Å². The maximum Gasteiger partial charge on any atom is 0.0990 e. The van der Waals surface area contributed by atoms with Crippen LogP contribution in [0.15, 0.2) is 18.2 Å². The summed E-state index contributed by atoms with van der Waals surface area (Å²) in [4.78, 5) is 1.91. The first-order valence-electron chi connectivity index (χ1n) is 5.21. The van der Waals surface area contributed by atoms with E-state index >= 15 is 0 Å². The van der Waals surface area contributed by atoms with Gasteiger partial charge in [-0.05, 0) is 17.7 Å². The first kappa shape index (κ1) is 11.7. The molecule has 1 fully saturated rings. The normalized spacial score (nSPS) is 25.1. The van der Waals surface area contributed by atoms with Crippen LogP contribution in [0.2, 0.25) is 5.02 Å². The van der Waals surface area contributed by atoms with Crippen LogP contribution in [0, 0.1) is 0 Å². The van der Waals surface area contributed by atoms with Crippen molar-refractivity contribution >= 4 is 17.3 Å². The predicted molar refractivity (Wildman–Crippen MR) is 63.6 cm³/mol. The van der Waals surface area contributed by atoms with E-state index in [1.807, 2.05) is 17.0 Å². The molecule has 0 saturated carbocycles. The lowest BCUT2D eigenvalue weighted by molar-refractivity contribution is 0.0572. The summed E-state index contributed by atoms with van der Waals surface area (Å²) in [5, 5.41) is 19.6. The molecule has 0 aliphatic carbocycles. The molecule has 1 saturated heterocycles. The molecule has 4 nitrogen and oxygen atoms in total. The third-order valence-corrected chi connectivity index (χ3v) is 3.10. The third kappa shape index (κ3) is 2.15. The summed E-state index contributed by atoms with van der Waals surface area (Å²) >= 11 is 5.93. The van der Waals surface area contributed by atoms with E-state index in [0.717, 1.165) is 11.3 Å². The first-order chi connectivity index (χ1) is 7.61. The van der Waals surface area contributed by atoms with Gasteiger partial charge in [0.1, 0.15) is 0 Å². The Morgan fingerprint density at radius 2 is 1.94 bits per heavy atom. The molecule has 0 bridgehead atoms. The number of benzene rings is 1. The molecule has 88 valence electrons. The molecule has 1 heterocycles. The number of hydrogen-bond donors (Lipinski definition) is 3. The molecule has 0 spiro atoms. The fourth-order valence-corrected chi connectivity index (χ4v) is 2.14. The Bertz CT molecular complexity index is 376. The highest BCUT2D eigenvalue weighted by atomic mass is 35.5. The highest BCUT2D eigenvalue weighted by Crippen LogP contribution is 2.27. The van der Waals surface area contributed by atoms with E-state index in [0.29, 0.717) is 24.7 Å². The van der Waals surface area contributed by atoms with Crippen LogP contribution in [-0.4, -0.2) is 35.5 Å². The Balaban J connectivity index is 2.29. The zero-order valence-electron chi connectivity index (χ0n) is 8.81. The molecule has 1 aliphatic rings. The zero-order chi connectivity index (χ0) is 11.7. The standard InChI is InChI=1S/C11H15ClN2O2/c12-8-2-1-7(4-13)9(3-8)14-5-10(15)11(16)6-14/h1-3,10-11,15-16H,4-6,13H2. The topological polar surface area (TPSA) is 69.7 Å². The molecule has 16 heavy (non-hydrogen) atoms. The molecule has 5 heteroatoms. The van der Waals surface area contributed by atoms with Crippen LogP contribution in [0.5, 0.6) is 0 Å². The Morgan fingerprint density at radius 3 is 2.50 bits per heavy atom. The minimum absolute atomic E-state index is 0.411. The number of nitrogens with two attached hydrogens (primary N) is 1. The van der Waals surface area contributed by atoms with Crippen molar-refractivity contribution in [3.63, 3.8) is 0 Å². The van der Waals surface area contributed by atoms with E-state index in [1.54, 1.807) is 6.07 Å². The lowest BCUT2D eigenvalue weighted by atomic mass is 10.1. The Hall–Kier alpha value is -0.810. The molecule has 1 aromatic rings. The second kappa shape index (κ2) is 4.59. The molecule has 2 unspecified atom stereocenters. The summed E-state index contributed by atoms with van der Waals surface area (Å²) in [6.07, 6.45) is -1.41. The number of aliphatic hydroxyl groups is 2. The summed E-state index contributed by atoms with van der Waals surface area (Å²) in [5.74, 6) is 0. The summed E-state index contributed by atoms with van der Waals surface area (Å²) in [5.41, 5.74) is 7.50. The average Bonchev–Trinajstić information content (AvgIpc) is 2.59. The van der Waals surface area contributed by atoms with Gasteiger partial charge in [-0.15, -0.1) is 0 Å². The van der Waals surface area contributed by atoms with Crippen LogP contribution in [0.1, 0.15) is 5.56 Å². The van der Waals surface area contributed by atoms with Gasteiger partial charge in [-0.2, -0.15) is 0 Å². The van der Waals surface area contributed by atoms with Crippen LogP contribution >= 0.6 is 11.6 Å². The Kier molecular flexibility index (Phi) is 3.35. The fourth-order valence-electron chi connectivity index (χ4n) is 1.97. The maximum absolute atomic E-state index is 9.51. The van der Waals surface area contributed by atoms with Gasteiger partial charge in [0.15, 0.2) is 0 Å². The van der Waals surface area contributed by atoms with Crippen molar-refractivity contribution in [3.8, 4) is 0 Å². The van der Waals surface area contributed by atoms with Crippen LogP contribution in [-0.2, 0) is 6.54 Å². The maximum atomic E-state index is 9.51. The summed E-state index contributed by atoms with van der Waals surface area (Å²) in [7, 11) is 0. The number of halogens is 1. The number of rotatable bonds is 2. The number of aliphatic hydroxyl groups excluding tert-OH is 2. The van der Waals surface area contributed by atoms with Gasteiger partial charge < -0.3 is 20.8 Å². The van der Waals surface area contributed by atoms with Gasteiger partial charge in [-0.3, -0.25) is 0 Å². The quantitative estimate of drug-likeness (QED) is 0.700. The van der Waals surface area contributed by atoms with Gasteiger partial charge >= 0.3 is 0 Å². The summed E-state index contributed by atoms with van der Waals surface area (Å²) in [6, 6.07) is 5.47. The SMILES string of the molecule is NCc1ccc(Cl)cc1N1CC(O)C(O)C1. The number of β-amino-alcohol motifs (C(OH)–C–C–N with tert-alkyl or cyclic N) is 2. The van der Waals surface area contributed by atoms with E-state index in [9.17, 15) is 10.2 Å². The fraction of sp³-hybridized carbons (Fsp3) is 0.455. The lowest BCUT2D eigenvalue weighted by Crippen LogP contribution is -2.23. The molecule has 1 aromatic carbocycles. The largest absolute Gasteiger partial charge is 0.389 e. The number of hydrogen-bond acceptors (Lipinski definition) is 4. The Labute approximate surface area is 99.2 Å². The zero-order valence-corrected chi connectivity index (χ0v) is 9.56. The molecular formula is C11H15ClN2O2. The van der Waals surface area contributed by atoms with Crippen LogP contribution in [0.25, 0.3) is 0 Å². The third-order valence-electron chi connectivity index (χ3n) is 2.87. The van der Waals surface area contributed by atoms with Crippen molar-refractivity contribution in [1.82, 2.24) is 0 Å². The van der Waals surface area contributed by atoms with Gasteiger partial charge in [0.05, 0.1) is 12.2 Å². The molecule has 0 radical (unpaired) electrons. The van der Waals surface area contributed by atoms with Crippen molar-refractivity contribution in [2.75, 3.05) is 18.0 Å². The second-order valence-corrected chi connectivity index (χ2v) is 4.45. The lowest BCUT2D eigenvalue weighted by Gasteiger charge is -2.21. The Morgan fingerprint density at radius 1 is 1.31 bits per heavy atom. The second-order valence-electron chi connectivity index (χ2n) is 4.02. The van der Waals surface area contributed by atoms with Crippen LogP contribution < -0.4 is 10.6 Å². The predicted octanol–water partition coefficient (Wildman–Crippen LogP) is 0.340. The van der Waals surface area contributed by atoms with Gasteiger partial charge in [0, 0.05) is 30.3 Å². The molecule has 2 atom stereocenters. The van der Waals surface area contributed by atoms with Crippen LogP contribution in [0.3, 0.4) is 0 Å². The van der Waals surface area contributed by atoms with Crippen molar-refractivity contribution in [1.29, 1.82) is 0 Å². The van der Waals surface area contributed by atoms with Gasteiger partial charge in [-0.1, -0.05) is 17.7 Å².